The van der Waals surface area contributed by atoms with Gasteiger partial charge in [-0.25, -0.2) is 4.79 Å². The fourth-order valence-electron chi connectivity index (χ4n) is 0.842. The van der Waals surface area contributed by atoms with E-state index in [4.69, 9.17) is 5.11 Å². The fourth-order valence-corrected chi connectivity index (χ4v) is 0.842. The van der Waals surface area contributed by atoms with Crippen molar-refractivity contribution >= 4 is 0 Å². The molecule has 0 saturated carbocycles. The molecular formula is C7H10N2O2. The zero-order valence-electron chi connectivity index (χ0n) is 6.32. The van der Waals surface area contributed by atoms with Crippen molar-refractivity contribution < 1.29 is 5.11 Å². The molecular weight excluding hydrogens is 144 g/mol. The van der Waals surface area contributed by atoms with E-state index in [1.54, 1.807) is 6.08 Å². The summed E-state index contributed by atoms with van der Waals surface area (Å²) in [5.41, 5.74) is -0.234. The summed E-state index contributed by atoms with van der Waals surface area (Å²) in [6.07, 6.45) is 2.98. The quantitative estimate of drug-likeness (QED) is 0.613. The monoisotopic (exact) mass is 154 g/mol. The van der Waals surface area contributed by atoms with Gasteiger partial charge in [0.25, 0.3) is 0 Å². The number of hydrogen-bond acceptors (Lipinski definition) is 2. The Balaban J connectivity index is 3.18. The molecule has 0 unspecified atom stereocenters. The third-order valence-corrected chi connectivity index (χ3v) is 1.47. The molecule has 1 N–H and O–H groups in total. The molecule has 0 spiro atoms. The molecule has 4 nitrogen and oxygen atoms in total. The highest BCUT2D eigenvalue weighted by molar-refractivity contribution is 5.04. The molecule has 0 fully saturated rings. The van der Waals surface area contributed by atoms with Gasteiger partial charge in [-0.1, -0.05) is 6.08 Å². The largest absolute Gasteiger partial charge is 0.493 e. The van der Waals surface area contributed by atoms with Crippen LogP contribution in [0.1, 0.15) is 0 Å². The smallest absolute Gasteiger partial charge is 0.331 e. The lowest BCUT2D eigenvalue weighted by atomic mass is 10.6. The van der Waals surface area contributed by atoms with Crippen LogP contribution in [0.5, 0.6) is 5.88 Å². The van der Waals surface area contributed by atoms with Gasteiger partial charge in [-0.15, -0.1) is 6.58 Å². The van der Waals surface area contributed by atoms with Crippen LogP contribution in [-0.4, -0.2) is 14.2 Å². The maximum atomic E-state index is 11.1. The van der Waals surface area contributed by atoms with Gasteiger partial charge in [-0.05, 0) is 0 Å². The number of allylic oxidation sites excluding steroid dienone is 1. The summed E-state index contributed by atoms with van der Waals surface area (Å²) >= 11 is 0. The van der Waals surface area contributed by atoms with Crippen LogP contribution in [-0.2, 0) is 13.6 Å². The molecule has 1 aromatic heterocycles. The van der Waals surface area contributed by atoms with Gasteiger partial charge in [0.2, 0.25) is 5.88 Å². The highest BCUT2D eigenvalue weighted by Crippen LogP contribution is 2.01. The lowest BCUT2D eigenvalue weighted by Gasteiger charge is -1.90. The standard InChI is InChI=1S/C7H10N2O2/c1-3-4-9-5-6(10)8(2)7(9)11/h3,5,10H,1,4H2,2H3. The predicted octanol–water partition coefficient (Wildman–Crippen LogP) is 0.0784. The molecule has 1 aromatic rings. The summed E-state index contributed by atoms with van der Waals surface area (Å²) in [6, 6.07) is 0. The van der Waals surface area contributed by atoms with E-state index in [9.17, 15) is 4.79 Å². The van der Waals surface area contributed by atoms with Crippen LogP contribution < -0.4 is 5.69 Å². The molecule has 0 radical (unpaired) electrons. The van der Waals surface area contributed by atoms with Crippen molar-refractivity contribution in [3.05, 3.63) is 29.3 Å². The van der Waals surface area contributed by atoms with Gasteiger partial charge in [-0.3, -0.25) is 9.13 Å². The zero-order chi connectivity index (χ0) is 8.43. The van der Waals surface area contributed by atoms with Crippen molar-refractivity contribution in [1.82, 2.24) is 9.13 Å². The molecule has 0 amide bonds. The first-order valence-electron chi connectivity index (χ1n) is 3.23. The average molecular weight is 154 g/mol. The molecule has 0 aliphatic carbocycles. The van der Waals surface area contributed by atoms with Crippen LogP contribution in [0.15, 0.2) is 23.6 Å². The number of aromatic hydroxyl groups is 1. The summed E-state index contributed by atoms with van der Waals surface area (Å²) in [7, 11) is 1.51. The van der Waals surface area contributed by atoms with E-state index in [0.29, 0.717) is 6.54 Å². The highest BCUT2D eigenvalue weighted by atomic mass is 16.3. The predicted molar refractivity (Wildman–Crippen MR) is 41.5 cm³/mol. The Bertz CT molecular complexity index is 322. The second kappa shape index (κ2) is 2.65. The summed E-state index contributed by atoms with van der Waals surface area (Å²) in [5.74, 6) is -0.0307. The topological polar surface area (TPSA) is 47.2 Å². The van der Waals surface area contributed by atoms with Crippen LogP contribution in [0.3, 0.4) is 0 Å². The summed E-state index contributed by atoms with van der Waals surface area (Å²) in [5, 5.41) is 9.06. The fraction of sp³-hybridized carbons (Fsp3) is 0.286. The van der Waals surface area contributed by atoms with Crippen molar-refractivity contribution in [2.24, 2.45) is 7.05 Å². The summed E-state index contributed by atoms with van der Waals surface area (Å²) < 4.78 is 2.55. The van der Waals surface area contributed by atoms with Gasteiger partial charge in [0.05, 0.1) is 6.20 Å². The number of rotatable bonds is 2. The van der Waals surface area contributed by atoms with E-state index >= 15 is 0 Å². The molecule has 4 heteroatoms. The Morgan fingerprint density at radius 1 is 1.82 bits per heavy atom. The van der Waals surface area contributed by atoms with E-state index in [2.05, 4.69) is 6.58 Å². The minimum absolute atomic E-state index is 0.0307. The lowest BCUT2D eigenvalue weighted by molar-refractivity contribution is 0.429. The first kappa shape index (κ1) is 7.65. The zero-order valence-corrected chi connectivity index (χ0v) is 6.32. The highest BCUT2D eigenvalue weighted by Gasteiger charge is 2.03. The number of nitrogens with zero attached hydrogens (tertiary/aromatic N) is 2. The molecule has 0 aliphatic heterocycles. The van der Waals surface area contributed by atoms with Gasteiger partial charge in [-0.2, -0.15) is 0 Å². The Labute approximate surface area is 64.0 Å². The lowest BCUT2D eigenvalue weighted by Crippen LogP contribution is -2.21. The summed E-state index contributed by atoms with van der Waals surface area (Å²) in [4.78, 5) is 11.1. The molecule has 0 atom stereocenters. The molecule has 0 saturated heterocycles. The van der Waals surface area contributed by atoms with Gasteiger partial charge >= 0.3 is 5.69 Å². The van der Waals surface area contributed by atoms with Gasteiger partial charge < -0.3 is 5.11 Å². The molecule has 60 valence electrons. The Kier molecular flexibility index (Phi) is 1.85. The van der Waals surface area contributed by atoms with Crippen molar-refractivity contribution in [2.45, 2.75) is 6.54 Å². The SMILES string of the molecule is C=CCn1cc(O)n(C)c1=O. The molecule has 0 aromatic carbocycles. The third-order valence-electron chi connectivity index (χ3n) is 1.47. The van der Waals surface area contributed by atoms with E-state index in [1.807, 2.05) is 0 Å². The van der Waals surface area contributed by atoms with Crippen molar-refractivity contribution in [3.8, 4) is 5.88 Å². The molecule has 1 heterocycles. The maximum absolute atomic E-state index is 11.1. The van der Waals surface area contributed by atoms with E-state index in [-0.39, 0.29) is 11.6 Å². The number of hydrogen-bond donors (Lipinski definition) is 1. The molecule has 0 aliphatic rings. The minimum atomic E-state index is -0.234. The van der Waals surface area contributed by atoms with E-state index in [0.717, 1.165) is 0 Å². The van der Waals surface area contributed by atoms with Crippen LogP contribution >= 0.6 is 0 Å². The Morgan fingerprint density at radius 3 is 2.82 bits per heavy atom. The van der Waals surface area contributed by atoms with Crippen molar-refractivity contribution in [3.63, 3.8) is 0 Å². The van der Waals surface area contributed by atoms with Crippen molar-refractivity contribution in [1.29, 1.82) is 0 Å². The maximum Gasteiger partial charge on any atom is 0.331 e. The first-order chi connectivity index (χ1) is 5.16. The van der Waals surface area contributed by atoms with Crippen LogP contribution in [0.25, 0.3) is 0 Å². The summed E-state index contributed by atoms with van der Waals surface area (Å²) in [6.45, 7) is 3.91. The second-order valence-corrected chi connectivity index (χ2v) is 2.27. The Hall–Kier alpha value is -1.45. The van der Waals surface area contributed by atoms with Gasteiger partial charge in [0.15, 0.2) is 0 Å². The van der Waals surface area contributed by atoms with Gasteiger partial charge in [0.1, 0.15) is 0 Å². The third kappa shape index (κ3) is 1.19. The molecule has 0 bridgehead atoms. The van der Waals surface area contributed by atoms with Gasteiger partial charge in [0, 0.05) is 13.6 Å². The van der Waals surface area contributed by atoms with Crippen LogP contribution in [0.2, 0.25) is 0 Å². The minimum Gasteiger partial charge on any atom is -0.493 e. The number of aromatic nitrogens is 2. The second-order valence-electron chi connectivity index (χ2n) is 2.27. The first-order valence-corrected chi connectivity index (χ1v) is 3.23. The number of imidazole rings is 1. The molecule has 11 heavy (non-hydrogen) atoms. The van der Waals surface area contributed by atoms with E-state index in [1.165, 1.54) is 22.4 Å². The van der Waals surface area contributed by atoms with Crippen LogP contribution in [0, 0.1) is 0 Å². The Morgan fingerprint density at radius 2 is 2.45 bits per heavy atom. The molecule has 1 rings (SSSR count). The van der Waals surface area contributed by atoms with E-state index < -0.39 is 0 Å². The van der Waals surface area contributed by atoms with Crippen molar-refractivity contribution in [2.75, 3.05) is 0 Å². The normalized spacial score (nSPS) is 9.91. The van der Waals surface area contributed by atoms with Crippen LogP contribution in [0.4, 0.5) is 0 Å². The average Bonchev–Trinajstić information content (AvgIpc) is 2.19.